The third kappa shape index (κ3) is 5.29. The molecule has 1 aliphatic heterocycles. The van der Waals surface area contributed by atoms with E-state index in [0.717, 1.165) is 17.0 Å². The number of ether oxygens (including phenoxy) is 2. The maximum atomic E-state index is 12.3. The van der Waals surface area contributed by atoms with Gasteiger partial charge in [-0.05, 0) is 32.4 Å². The normalized spacial score (nSPS) is 22.6. The average molecular weight is 369 g/mol. The van der Waals surface area contributed by atoms with Gasteiger partial charge in [0.05, 0.1) is 24.7 Å². The van der Waals surface area contributed by atoms with Crippen molar-refractivity contribution in [2.45, 2.75) is 45.1 Å². The van der Waals surface area contributed by atoms with E-state index in [1.165, 1.54) is 0 Å². The van der Waals surface area contributed by atoms with Crippen LogP contribution in [0.25, 0.3) is 0 Å². The Morgan fingerprint density at radius 3 is 2.48 bits per heavy atom. The molecule has 1 amide bonds. The molecule has 138 valence electrons. The summed E-state index contributed by atoms with van der Waals surface area (Å²) < 4.78 is 35.8. The average Bonchev–Trinajstić information content (AvgIpc) is 2.50. The predicted molar refractivity (Wildman–Crippen MR) is 92.0 cm³/mol. The van der Waals surface area contributed by atoms with Gasteiger partial charge in [-0.2, -0.15) is 4.31 Å². The molecule has 1 aliphatic rings. The number of hydrogen-bond acceptors (Lipinski definition) is 6. The van der Waals surface area contributed by atoms with Crippen molar-refractivity contribution < 1.29 is 27.8 Å². The van der Waals surface area contributed by atoms with Crippen molar-refractivity contribution >= 4 is 16.1 Å². The van der Waals surface area contributed by atoms with Crippen molar-refractivity contribution in [2.75, 3.05) is 6.61 Å². The van der Waals surface area contributed by atoms with E-state index >= 15 is 0 Å². The van der Waals surface area contributed by atoms with Gasteiger partial charge < -0.3 is 14.6 Å². The van der Waals surface area contributed by atoms with Crippen LogP contribution in [0.15, 0.2) is 41.8 Å². The van der Waals surface area contributed by atoms with E-state index in [4.69, 9.17) is 9.47 Å². The number of aliphatic hydroxyl groups excluding tert-OH is 1. The zero-order valence-corrected chi connectivity index (χ0v) is 15.3. The molecule has 1 heterocycles. The van der Waals surface area contributed by atoms with Crippen LogP contribution in [0.3, 0.4) is 0 Å². The lowest BCUT2D eigenvalue weighted by Crippen LogP contribution is -2.54. The number of carbonyl (C=O) groups excluding carboxylic acids is 1. The molecule has 2 rings (SSSR count). The Balaban J connectivity index is 2.14. The molecular formula is C17H23NO6S. The van der Waals surface area contributed by atoms with E-state index in [0.29, 0.717) is 4.31 Å². The lowest BCUT2D eigenvalue weighted by atomic mass is 10.1. The van der Waals surface area contributed by atoms with Crippen LogP contribution in [0.1, 0.15) is 26.3 Å². The minimum atomic E-state index is -4.03. The molecular weight excluding hydrogens is 346 g/mol. The van der Waals surface area contributed by atoms with Crippen molar-refractivity contribution in [1.29, 1.82) is 0 Å². The molecule has 0 fully saturated rings. The summed E-state index contributed by atoms with van der Waals surface area (Å²) in [7, 11) is -4.03. The lowest BCUT2D eigenvalue weighted by molar-refractivity contribution is -0.000491. The Hall–Kier alpha value is -1.90. The van der Waals surface area contributed by atoms with Crippen LogP contribution in [-0.4, -0.2) is 48.3 Å². The van der Waals surface area contributed by atoms with Gasteiger partial charge in [-0.25, -0.2) is 13.2 Å². The number of amides is 1. The third-order valence-corrected chi connectivity index (χ3v) is 4.86. The molecule has 8 heteroatoms. The fraction of sp³-hybridized carbons (Fsp3) is 0.471. The molecule has 0 aliphatic carbocycles. The molecule has 2 atom stereocenters. The summed E-state index contributed by atoms with van der Waals surface area (Å²) in [5.74, 6) is 0. The first-order valence-corrected chi connectivity index (χ1v) is 9.36. The van der Waals surface area contributed by atoms with E-state index in [9.17, 15) is 18.3 Å². The second-order valence-corrected chi connectivity index (χ2v) is 8.40. The minimum absolute atomic E-state index is 0.154. The van der Waals surface area contributed by atoms with Gasteiger partial charge in [0, 0.05) is 0 Å². The highest BCUT2D eigenvalue weighted by atomic mass is 32.2. The van der Waals surface area contributed by atoms with Gasteiger partial charge in [0.15, 0.2) is 0 Å². The molecule has 0 saturated carbocycles. The molecule has 1 aromatic rings. The molecule has 0 unspecified atom stereocenters. The predicted octanol–water partition coefficient (Wildman–Crippen LogP) is 2.03. The van der Waals surface area contributed by atoms with Gasteiger partial charge in [-0.1, -0.05) is 30.3 Å². The van der Waals surface area contributed by atoms with Crippen LogP contribution in [0, 0.1) is 0 Å². The second-order valence-electron chi connectivity index (χ2n) is 6.71. The number of rotatable bonds is 4. The standard InChI is InChI=1S/C17H23NO6S/c1-17(2,3)24-16(20)18-14(15(19)9-10-25(18,21)22)12-23-11-13-7-5-4-6-8-13/h4-10,14-15,19H,11-12H2,1-3H3/t14-,15+/m0/s1. The van der Waals surface area contributed by atoms with Crippen LogP contribution in [-0.2, 0) is 26.1 Å². The first-order valence-electron chi connectivity index (χ1n) is 7.85. The van der Waals surface area contributed by atoms with E-state index in [2.05, 4.69) is 0 Å². The number of carbonyl (C=O) groups is 1. The van der Waals surface area contributed by atoms with E-state index in [-0.39, 0.29) is 13.2 Å². The van der Waals surface area contributed by atoms with Crippen LogP contribution in [0.2, 0.25) is 0 Å². The number of sulfonamides is 1. The topological polar surface area (TPSA) is 93.1 Å². The zero-order valence-electron chi connectivity index (χ0n) is 14.5. The summed E-state index contributed by atoms with van der Waals surface area (Å²) in [5.41, 5.74) is 0.0313. The lowest BCUT2D eigenvalue weighted by Gasteiger charge is -2.35. The highest BCUT2D eigenvalue weighted by Crippen LogP contribution is 2.23. The molecule has 0 aromatic heterocycles. The number of hydrogen-bond donors (Lipinski definition) is 1. The van der Waals surface area contributed by atoms with Crippen LogP contribution in [0.5, 0.6) is 0 Å². The molecule has 0 saturated heterocycles. The summed E-state index contributed by atoms with van der Waals surface area (Å²) >= 11 is 0. The van der Waals surface area contributed by atoms with Gasteiger partial charge in [0.1, 0.15) is 11.6 Å². The number of nitrogens with zero attached hydrogens (tertiary/aromatic N) is 1. The first-order chi connectivity index (χ1) is 11.6. The maximum Gasteiger partial charge on any atom is 0.424 e. The van der Waals surface area contributed by atoms with Gasteiger partial charge in [0.2, 0.25) is 0 Å². The molecule has 1 aromatic carbocycles. The Labute approximate surface area is 147 Å². The second kappa shape index (κ2) is 7.55. The highest BCUT2D eigenvalue weighted by Gasteiger charge is 2.42. The van der Waals surface area contributed by atoms with Gasteiger partial charge in [-0.15, -0.1) is 0 Å². The number of aliphatic hydroxyl groups is 1. The van der Waals surface area contributed by atoms with Gasteiger partial charge >= 0.3 is 6.09 Å². The summed E-state index contributed by atoms with van der Waals surface area (Å²) in [6.45, 7) is 4.98. The molecule has 1 N–H and O–H groups in total. The van der Waals surface area contributed by atoms with E-state index < -0.39 is 33.9 Å². The molecule has 0 spiro atoms. The Kier molecular flexibility index (Phi) is 5.87. The molecule has 0 bridgehead atoms. The molecule has 0 radical (unpaired) electrons. The van der Waals surface area contributed by atoms with Gasteiger partial charge in [0.25, 0.3) is 10.0 Å². The summed E-state index contributed by atoms with van der Waals surface area (Å²) in [6, 6.07) is 8.21. The van der Waals surface area contributed by atoms with Crippen LogP contribution < -0.4 is 0 Å². The number of benzene rings is 1. The van der Waals surface area contributed by atoms with Crippen molar-refractivity contribution in [3.05, 3.63) is 47.4 Å². The van der Waals surface area contributed by atoms with E-state index in [1.54, 1.807) is 20.8 Å². The quantitative estimate of drug-likeness (QED) is 0.873. The Morgan fingerprint density at radius 1 is 1.24 bits per heavy atom. The summed E-state index contributed by atoms with van der Waals surface area (Å²) in [4.78, 5) is 12.3. The van der Waals surface area contributed by atoms with Crippen LogP contribution >= 0.6 is 0 Å². The summed E-state index contributed by atoms with van der Waals surface area (Å²) in [5, 5.41) is 10.9. The largest absolute Gasteiger partial charge is 0.443 e. The summed E-state index contributed by atoms with van der Waals surface area (Å²) in [6.07, 6.45) is -1.08. The Bertz CT molecular complexity index is 723. The zero-order chi connectivity index (χ0) is 18.7. The molecule has 7 nitrogen and oxygen atoms in total. The monoisotopic (exact) mass is 369 g/mol. The van der Waals surface area contributed by atoms with Crippen molar-refractivity contribution in [3.63, 3.8) is 0 Å². The van der Waals surface area contributed by atoms with Crippen molar-refractivity contribution in [3.8, 4) is 0 Å². The molecule has 25 heavy (non-hydrogen) atoms. The van der Waals surface area contributed by atoms with Crippen molar-refractivity contribution in [1.82, 2.24) is 4.31 Å². The smallest absolute Gasteiger partial charge is 0.424 e. The maximum absolute atomic E-state index is 12.3. The van der Waals surface area contributed by atoms with Crippen LogP contribution in [0.4, 0.5) is 4.79 Å². The fourth-order valence-corrected chi connectivity index (χ4v) is 3.58. The SMILES string of the molecule is CC(C)(C)OC(=O)N1[C@@H](COCc2ccccc2)[C@H](O)C=CS1(=O)=O. The van der Waals surface area contributed by atoms with Gasteiger partial charge in [-0.3, -0.25) is 0 Å². The fourth-order valence-electron chi connectivity index (χ4n) is 2.29. The minimum Gasteiger partial charge on any atom is -0.443 e. The highest BCUT2D eigenvalue weighted by molar-refractivity contribution is 7.92. The first kappa shape index (κ1) is 19.4. The third-order valence-electron chi connectivity index (χ3n) is 3.39. The van der Waals surface area contributed by atoms with Crippen molar-refractivity contribution in [2.24, 2.45) is 0 Å². The Morgan fingerprint density at radius 2 is 1.88 bits per heavy atom. The van der Waals surface area contributed by atoms with E-state index in [1.807, 2.05) is 30.3 Å².